The zero-order valence-corrected chi connectivity index (χ0v) is 8.03. The van der Waals surface area contributed by atoms with Crippen LogP contribution in [0.3, 0.4) is 0 Å². The summed E-state index contributed by atoms with van der Waals surface area (Å²) in [6.07, 6.45) is 7.09. The van der Waals surface area contributed by atoms with E-state index in [-0.39, 0.29) is 0 Å². The molecule has 2 fully saturated rings. The summed E-state index contributed by atoms with van der Waals surface area (Å²) in [6.45, 7) is 4.70. The lowest BCUT2D eigenvalue weighted by Crippen LogP contribution is -2.35. The lowest BCUT2D eigenvalue weighted by Gasteiger charge is -2.29. The molecule has 0 aromatic heterocycles. The van der Waals surface area contributed by atoms with E-state index < -0.39 is 0 Å². The fraction of sp³-hybridized carbons (Fsp3) is 0.818. The summed E-state index contributed by atoms with van der Waals surface area (Å²) in [5.74, 6) is 1.03. The van der Waals surface area contributed by atoms with Crippen LogP contribution >= 0.6 is 0 Å². The van der Waals surface area contributed by atoms with Gasteiger partial charge in [0.1, 0.15) is 0 Å². The first kappa shape index (κ1) is 8.31. The first-order chi connectivity index (χ1) is 5.90. The normalized spacial score (nSPS) is 30.2. The average Bonchev–Trinajstić information content (AvgIpc) is 2.03. The van der Waals surface area contributed by atoms with Crippen molar-refractivity contribution in [1.29, 1.82) is 0 Å². The van der Waals surface area contributed by atoms with Crippen molar-refractivity contribution < 1.29 is 0 Å². The maximum Gasteiger partial charge on any atom is 0.0183 e. The van der Waals surface area contributed by atoms with Crippen LogP contribution in [0.15, 0.2) is 11.1 Å². The van der Waals surface area contributed by atoms with Gasteiger partial charge in [-0.05, 0) is 37.2 Å². The van der Waals surface area contributed by atoms with E-state index in [1.165, 1.54) is 45.2 Å². The number of allylic oxidation sites excluding steroid dienone is 1. The van der Waals surface area contributed by atoms with Gasteiger partial charge in [-0.2, -0.15) is 0 Å². The molecule has 1 aliphatic carbocycles. The molecule has 1 heterocycles. The van der Waals surface area contributed by atoms with Crippen LogP contribution in [0.25, 0.3) is 0 Å². The molecule has 1 saturated carbocycles. The minimum atomic E-state index is 1.03. The summed E-state index contributed by atoms with van der Waals surface area (Å²) < 4.78 is 0. The summed E-state index contributed by atoms with van der Waals surface area (Å²) >= 11 is 0. The second kappa shape index (κ2) is 3.61. The molecule has 2 rings (SSSR count). The maximum atomic E-state index is 3.33. The SMILES string of the molecule is CCC1CCC(=C2CNC2)CC1. The van der Waals surface area contributed by atoms with Crippen molar-refractivity contribution in [1.82, 2.24) is 5.32 Å². The molecule has 1 nitrogen and oxygen atoms in total. The second-order valence-corrected chi connectivity index (χ2v) is 4.16. The van der Waals surface area contributed by atoms with Crippen molar-refractivity contribution in [3.63, 3.8) is 0 Å². The van der Waals surface area contributed by atoms with Gasteiger partial charge in [0.15, 0.2) is 0 Å². The Labute approximate surface area is 75.2 Å². The highest BCUT2D eigenvalue weighted by molar-refractivity contribution is 5.23. The highest BCUT2D eigenvalue weighted by Gasteiger charge is 2.19. The van der Waals surface area contributed by atoms with E-state index in [0.717, 1.165) is 5.92 Å². The molecule has 1 heteroatoms. The Hall–Kier alpha value is -0.300. The zero-order chi connectivity index (χ0) is 8.39. The third-order valence-electron chi connectivity index (χ3n) is 3.46. The van der Waals surface area contributed by atoms with Gasteiger partial charge >= 0.3 is 0 Å². The van der Waals surface area contributed by atoms with Gasteiger partial charge < -0.3 is 5.32 Å². The Morgan fingerprint density at radius 2 is 1.83 bits per heavy atom. The van der Waals surface area contributed by atoms with Crippen LogP contribution in [-0.2, 0) is 0 Å². The van der Waals surface area contributed by atoms with Crippen LogP contribution in [0.5, 0.6) is 0 Å². The minimum absolute atomic E-state index is 1.03. The summed E-state index contributed by atoms with van der Waals surface area (Å²) in [4.78, 5) is 0. The van der Waals surface area contributed by atoms with E-state index in [1.54, 1.807) is 11.1 Å². The van der Waals surface area contributed by atoms with Crippen LogP contribution in [0, 0.1) is 5.92 Å². The third-order valence-corrected chi connectivity index (χ3v) is 3.46. The van der Waals surface area contributed by atoms with Crippen LogP contribution in [0.4, 0.5) is 0 Å². The highest BCUT2D eigenvalue weighted by Crippen LogP contribution is 2.32. The van der Waals surface area contributed by atoms with E-state index in [1.807, 2.05) is 0 Å². The highest BCUT2D eigenvalue weighted by atomic mass is 14.9. The van der Waals surface area contributed by atoms with Crippen LogP contribution in [0.1, 0.15) is 39.0 Å². The van der Waals surface area contributed by atoms with Gasteiger partial charge in [0, 0.05) is 13.1 Å². The summed E-state index contributed by atoms with van der Waals surface area (Å²) in [5, 5.41) is 3.33. The molecule has 1 N–H and O–H groups in total. The minimum Gasteiger partial charge on any atom is -0.309 e. The first-order valence-electron chi connectivity index (χ1n) is 5.30. The van der Waals surface area contributed by atoms with Gasteiger partial charge in [-0.25, -0.2) is 0 Å². The molecule has 1 aliphatic heterocycles. The van der Waals surface area contributed by atoms with Gasteiger partial charge in [-0.15, -0.1) is 0 Å². The van der Waals surface area contributed by atoms with Crippen LogP contribution < -0.4 is 5.32 Å². The monoisotopic (exact) mass is 165 g/mol. The summed E-state index contributed by atoms with van der Waals surface area (Å²) in [6, 6.07) is 0. The Balaban J connectivity index is 1.89. The molecule has 68 valence electrons. The maximum absolute atomic E-state index is 3.33. The molecule has 0 bridgehead atoms. The Bertz CT molecular complexity index is 177. The molecule has 0 radical (unpaired) electrons. The van der Waals surface area contributed by atoms with Gasteiger partial charge in [0.05, 0.1) is 0 Å². The van der Waals surface area contributed by atoms with Crippen LogP contribution in [0.2, 0.25) is 0 Å². The van der Waals surface area contributed by atoms with Gasteiger partial charge in [0.25, 0.3) is 0 Å². The van der Waals surface area contributed by atoms with Crippen molar-refractivity contribution in [3.8, 4) is 0 Å². The first-order valence-corrected chi connectivity index (χ1v) is 5.30. The van der Waals surface area contributed by atoms with E-state index in [0.29, 0.717) is 0 Å². The average molecular weight is 165 g/mol. The van der Waals surface area contributed by atoms with E-state index in [2.05, 4.69) is 12.2 Å². The predicted molar refractivity (Wildman–Crippen MR) is 52.1 cm³/mol. The van der Waals surface area contributed by atoms with E-state index in [4.69, 9.17) is 0 Å². The van der Waals surface area contributed by atoms with Crippen molar-refractivity contribution in [2.75, 3.05) is 13.1 Å². The van der Waals surface area contributed by atoms with Crippen molar-refractivity contribution in [3.05, 3.63) is 11.1 Å². The van der Waals surface area contributed by atoms with Crippen LogP contribution in [-0.4, -0.2) is 13.1 Å². The molecular weight excluding hydrogens is 146 g/mol. The molecule has 0 aromatic rings. The summed E-state index contributed by atoms with van der Waals surface area (Å²) in [7, 11) is 0. The molecule has 0 spiro atoms. The molecule has 12 heavy (non-hydrogen) atoms. The number of rotatable bonds is 1. The predicted octanol–water partition coefficient (Wildman–Crippen LogP) is 2.49. The molecule has 0 aromatic carbocycles. The van der Waals surface area contributed by atoms with Crippen molar-refractivity contribution in [2.24, 2.45) is 5.92 Å². The number of hydrogen-bond donors (Lipinski definition) is 1. The zero-order valence-electron chi connectivity index (χ0n) is 8.03. The quantitative estimate of drug-likeness (QED) is 0.589. The molecule has 0 unspecified atom stereocenters. The molecule has 0 atom stereocenters. The topological polar surface area (TPSA) is 12.0 Å². The van der Waals surface area contributed by atoms with E-state index in [9.17, 15) is 0 Å². The lowest BCUT2D eigenvalue weighted by molar-refractivity contribution is 0.392. The fourth-order valence-corrected chi connectivity index (χ4v) is 2.29. The lowest BCUT2D eigenvalue weighted by atomic mass is 9.81. The van der Waals surface area contributed by atoms with Gasteiger partial charge in [-0.1, -0.05) is 18.9 Å². The van der Waals surface area contributed by atoms with Gasteiger partial charge in [-0.3, -0.25) is 0 Å². The van der Waals surface area contributed by atoms with Gasteiger partial charge in [0.2, 0.25) is 0 Å². The smallest absolute Gasteiger partial charge is 0.0183 e. The molecule has 1 saturated heterocycles. The number of nitrogens with one attached hydrogen (secondary N) is 1. The fourth-order valence-electron chi connectivity index (χ4n) is 2.29. The van der Waals surface area contributed by atoms with Crippen molar-refractivity contribution >= 4 is 0 Å². The Morgan fingerprint density at radius 3 is 2.25 bits per heavy atom. The largest absolute Gasteiger partial charge is 0.309 e. The standard InChI is InChI=1S/C11H19N/c1-2-9-3-5-10(6-4-9)11-7-12-8-11/h9,12H,2-8H2,1H3. The molecule has 2 aliphatic rings. The van der Waals surface area contributed by atoms with E-state index >= 15 is 0 Å². The Morgan fingerprint density at radius 1 is 1.17 bits per heavy atom. The van der Waals surface area contributed by atoms with Crippen molar-refractivity contribution in [2.45, 2.75) is 39.0 Å². The Kier molecular flexibility index (Phi) is 2.50. The number of hydrogen-bond acceptors (Lipinski definition) is 1. The second-order valence-electron chi connectivity index (χ2n) is 4.16. The summed E-state index contributed by atoms with van der Waals surface area (Å²) in [5.41, 5.74) is 3.52. The molecular formula is C11H19N. The molecule has 0 amide bonds. The third kappa shape index (κ3) is 1.56.